The fourth-order valence-electron chi connectivity index (χ4n) is 1.65. The van der Waals surface area contributed by atoms with Crippen molar-refractivity contribution in [3.8, 4) is 5.75 Å². The van der Waals surface area contributed by atoms with Crippen molar-refractivity contribution >= 4 is 0 Å². The minimum atomic E-state index is -0.889. The molecular weight excluding hydrogens is 224 g/mol. The number of hydrogen-bond donors (Lipinski definition) is 2. The smallest absolute Gasteiger partial charge is 0.339 e. The first-order chi connectivity index (χ1) is 8.13. The predicted molar refractivity (Wildman–Crippen MR) is 61.9 cm³/mol. The predicted octanol–water partition coefficient (Wildman–Crippen LogP) is 1.36. The molecular formula is C12H18O5. The van der Waals surface area contributed by atoms with Crippen LogP contribution >= 0.6 is 0 Å². The molecule has 17 heavy (non-hydrogen) atoms. The van der Waals surface area contributed by atoms with Gasteiger partial charge in [0, 0.05) is 0 Å². The molecule has 2 N–H and O–H groups in total. The van der Waals surface area contributed by atoms with Gasteiger partial charge in [-0.05, 0) is 6.42 Å². The molecule has 1 aromatic rings. The molecule has 5 nitrogen and oxygen atoms in total. The summed E-state index contributed by atoms with van der Waals surface area (Å²) in [4.78, 5) is 11.3. The van der Waals surface area contributed by atoms with Crippen LogP contribution in [0, 0.1) is 0 Å². The second-order valence-electron chi connectivity index (χ2n) is 3.79. The average molecular weight is 242 g/mol. The summed E-state index contributed by atoms with van der Waals surface area (Å²) in [6.45, 7) is 1.66. The van der Waals surface area contributed by atoms with Gasteiger partial charge in [-0.15, -0.1) is 0 Å². The van der Waals surface area contributed by atoms with Crippen LogP contribution in [0.1, 0.15) is 43.6 Å². The van der Waals surface area contributed by atoms with E-state index in [0.717, 1.165) is 18.9 Å². The maximum Gasteiger partial charge on any atom is 0.339 e. The van der Waals surface area contributed by atoms with E-state index in [9.17, 15) is 15.0 Å². The summed E-state index contributed by atoms with van der Waals surface area (Å²) in [7, 11) is 1.40. The van der Waals surface area contributed by atoms with Crippen molar-refractivity contribution in [2.45, 2.75) is 38.9 Å². The summed E-state index contributed by atoms with van der Waals surface area (Å²) in [5, 5.41) is 19.2. The zero-order valence-electron chi connectivity index (χ0n) is 10.1. The molecule has 0 saturated heterocycles. The van der Waals surface area contributed by atoms with Crippen molar-refractivity contribution in [2.24, 2.45) is 0 Å². The highest BCUT2D eigenvalue weighted by Gasteiger charge is 2.19. The molecule has 5 heteroatoms. The summed E-state index contributed by atoms with van der Waals surface area (Å²) in [5.41, 5.74) is -0.264. The third kappa shape index (κ3) is 3.31. The van der Waals surface area contributed by atoms with Gasteiger partial charge in [0.1, 0.15) is 17.6 Å². The lowest BCUT2D eigenvalue weighted by Crippen LogP contribution is -2.10. The van der Waals surface area contributed by atoms with Crippen LogP contribution in [0.3, 0.4) is 0 Å². The number of aliphatic hydroxyl groups is 2. The van der Waals surface area contributed by atoms with Gasteiger partial charge < -0.3 is 19.4 Å². The van der Waals surface area contributed by atoms with Crippen LogP contribution < -0.4 is 10.4 Å². The fourth-order valence-corrected chi connectivity index (χ4v) is 1.65. The molecule has 96 valence electrons. The molecule has 0 aliphatic rings. The molecule has 1 aromatic heterocycles. The lowest BCUT2D eigenvalue weighted by atomic mass is 10.1. The molecule has 0 amide bonds. The van der Waals surface area contributed by atoms with E-state index in [0.29, 0.717) is 12.0 Å². The van der Waals surface area contributed by atoms with E-state index in [1.165, 1.54) is 7.11 Å². The summed E-state index contributed by atoms with van der Waals surface area (Å²) in [6, 6.07) is 1.15. The Morgan fingerprint density at radius 1 is 1.53 bits per heavy atom. The number of aliphatic hydroxyl groups excluding tert-OH is 2. The normalized spacial score (nSPS) is 12.5. The molecule has 0 bridgehead atoms. The molecule has 1 rings (SSSR count). The van der Waals surface area contributed by atoms with Crippen molar-refractivity contribution < 1.29 is 19.4 Å². The van der Waals surface area contributed by atoms with Gasteiger partial charge in [-0.2, -0.15) is 0 Å². The molecule has 0 unspecified atom stereocenters. The minimum absolute atomic E-state index is 0.102. The minimum Gasteiger partial charge on any atom is -0.496 e. The first-order valence-electron chi connectivity index (χ1n) is 5.63. The van der Waals surface area contributed by atoms with E-state index in [2.05, 4.69) is 0 Å². The average Bonchev–Trinajstić information content (AvgIpc) is 2.34. The zero-order chi connectivity index (χ0) is 12.8. The molecule has 0 aromatic carbocycles. The second-order valence-corrected chi connectivity index (χ2v) is 3.79. The first kappa shape index (κ1) is 13.7. The Labute approximate surface area is 99.7 Å². The maximum atomic E-state index is 11.3. The van der Waals surface area contributed by atoms with Crippen LogP contribution in [-0.2, 0) is 6.61 Å². The highest BCUT2D eigenvalue weighted by molar-refractivity contribution is 5.34. The van der Waals surface area contributed by atoms with Crippen LogP contribution in [0.25, 0.3) is 0 Å². The van der Waals surface area contributed by atoms with Gasteiger partial charge in [-0.3, -0.25) is 0 Å². The summed E-state index contributed by atoms with van der Waals surface area (Å²) >= 11 is 0. The topological polar surface area (TPSA) is 79.9 Å². The third-order valence-corrected chi connectivity index (χ3v) is 2.57. The Morgan fingerprint density at radius 3 is 2.76 bits per heavy atom. The van der Waals surface area contributed by atoms with E-state index in [-0.39, 0.29) is 18.1 Å². The largest absolute Gasteiger partial charge is 0.496 e. The van der Waals surface area contributed by atoms with Gasteiger partial charge in [0.25, 0.3) is 0 Å². The Morgan fingerprint density at radius 2 is 2.24 bits per heavy atom. The Balaban J connectivity index is 3.12. The number of methoxy groups -OCH3 is 1. The number of rotatable bonds is 6. The molecule has 1 atom stereocenters. The van der Waals surface area contributed by atoms with Crippen LogP contribution in [-0.4, -0.2) is 17.3 Å². The summed E-state index contributed by atoms with van der Waals surface area (Å²) in [6.07, 6.45) is 1.34. The summed E-state index contributed by atoms with van der Waals surface area (Å²) < 4.78 is 9.94. The molecule has 0 spiro atoms. The standard InChI is InChI=1S/C12H18O5/c1-3-4-5-9(14)12-8(7-13)10(16-2)6-11(15)17-12/h6,9,13-14H,3-5,7H2,1-2H3/t9-/m1/s1. The number of hydrogen-bond acceptors (Lipinski definition) is 5. The SMILES string of the molecule is CCCC[C@@H](O)c1oc(=O)cc(OC)c1CO. The molecule has 0 radical (unpaired) electrons. The van der Waals surface area contributed by atoms with Crippen molar-refractivity contribution in [3.63, 3.8) is 0 Å². The van der Waals surface area contributed by atoms with Crippen LogP contribution in [0.2, 0.25) is 0 Å². The fraction of sp³-hybridized carbons (Fsp3) is 0.583. The second kappa shape index (κ2) is 6.42. The van der Waals surface area contributed by atoms with E-state index in [1.807, 2.05) is 6.92 Å². The van der Waals surface area contributed by atoms with Crippen LogP contribution in [0.4, 0.5) is 0 Å². The number of unbranched alkanes of at least 4 members (excludes halogenated alkanes) is 1. The Hall–Kier alpha value is -1.33. The van der Waals surface area contributed by atoms with E-state index < -0.39 is 11.7 Å². The highest BCUT2D eigenvalue weighted by Crippen LogP contribution is 2.27. The first-order valence-corrected chi connectivity index (χ1v) is 5.63. The lowest BCUT2D eigenvalue weighted by Gasteiger charge is -2.14. The van der Waals surface area contributed by atoms with Crippen LogP contribution in [0.5, 0.6) is 5.75 Å². The van der Waals surface area contributed by atoms with E-state index >= 15 is 0 Å². The Kier molecular flexibility index (Phi) is 5.18. The Bertz CT molecular complexity index is 410. The quantitative estimate of drug-likeness (QED) is 0.787. The van der Waals surface area contributed by atoms with E-state index in [1.54, 1.807) is 0 Å². The van der Waals surface area contributed by atoms with Gasteiger partial charge in [-0.25, -0.2) is 4.79 Å². The molecule has 1 heterocycles. The van der Waals surface area contributed by atoms with Crippen molar-refractivity contribution in [3.05, 3.63) is 27.8 Å². The third-order valence-electron chi connectivity index (χ3n) is 2.57. The van der Waals surface area contributed by atoms with Gasteiger partial charge in [0.15, 0.2) is 0 Å². The van der Waals surface area contributed by atoms with Gasteiger partial charge >= 0.3 is 5.63 Å². The van der Waals surface area contributed by atoms with Gasteiger partial charge in [0.2, 0.25) is 0 Å². The van der Waals surface area contributed by atoms with Crippen molar-refractivity contribution in [1.29, 1.82) is 0 Å². The van der Waals surface area contributed by atoms with Gasteiger partial charge in [-0.1, -0.05) is 19.8 Å². The summed E-state index contributed by atoms with van der Waals surface area (Å²) in [5.74, 6) is 0.347. The molecule has 0 saturated carbocycles. The highest BCUT2D eigenvalue weighted by atomic mass is 16.5. The monoisotopic (exact) mass is 242 g/mol. The number of ether oxygens (including phenoxy) is 1. The van der Waals surface area contributed by atoms with E-state index in [4.69, 9.17) is 9.15 Å². The van der Waals surface area contributed by atoms with Crippen molar-refractivity contribution in [1.82, 2.24) is 0 Å². The van der Waals surface area contributed by atoms with Crippen molar-refractivity contribution in [2.75, 3.05) is 7.11 Å². The molecule has 0 aliphatic carbocycles. The zero-order valence-corrected chi connectivity index (χ0v) is 10.1. The lowest BCUT2D eigenvalue weighted by molar-refractivity contribution is 0.126. The van der Waals surface area contributed by atoms with Gasteiger partial charge in [0.05, 0.1) is 25.3 Å². The molecule has 0 fully saturated rings. The maximum absolute atomic E-state index is 11.3. The van der Waals surface area contributed by atoms with Crippen LogP contribution in [0.15, 0.2) is 15.3 Å². The molecule has 0 aliphatic heterocycles.